The first kappa shape index (κ1) is 23.0. The summed E-state index contributed by atoms with van der Waals surface area (Å²) >= 11 is 0. The van der Waals surface area contributed by atoms with Crippen LogP contribution in [0, 0.1) is 13.8 Å². The molecule has 1 aliphatic heterocycles. The molecular weight excluding hydrogens is 438 g/mol. The van der Waals surface area contributed by atoms with Gasteiger partial charge in [-0.25, -0.2) is 4.79 Å². The summed E-state index contributed by atoms with van der Waals surface area (Å²) < 4.78 is 7.63. The number of benzene rings is 3. The lowest BCUT2D eigenvalue weighted by molar-refractivity contribution is -0.122. The van der Waals surface area contributed by atoms with Crippen LogP contribution in [0.5, 0.6) is 0 Å². The molecule has 1 fully saturated rings. The van der Waals surface area contributed by atoms with E-state index in [0.717, 1.165) is 16.7 Å². The number of aryl methyl sites for hydroxylation is 1. The second-order valence-electron chi connectivity index (χ2n) is 8.90. The molecule has 177 valence electrons. The normalized spacial score (nSPS) is 18.9. The van der Waals surface area contributed by atoms with Crippen molar-refractivity contribution >= 4 is 0 Å². The van der Waals surface area contributed by atoms with Crippen molar-refractivity contribution in [2.75, 3.05) is 13.1 Å². The molecule has 1 aliphatic rings. The van der Waals surface area contributed by atoms with E-state index in [0.29, 0.717) is 18.7 Å². The fourth-order valence-corrected chi connectivity index (χ4v) is 5.13. The van der Waals surface area contributed by atoms with Crippen LogP contribution < -0.4 is 11.2 Å². The van der Waals surface area contributed by atoms with Crippen molar-refractivity contribution < 1.29 is 4.74 Å². The molecule has 6 heteroatoms. The minimum Gasteiger partial charge on any atom is -0.352 e. The van der Waals surface area contributed by atoms with E-state index in [4.69, 9.17) is 4.74 Å². The summed E-state index contributed by atoms with van der Waals surface area (Å²) in [5.74, 6) is 0. The second-order valence-corrected chi connectivity index (χ2v) is 8.90. The van der Waals surface area contributed by atoms with Gasteiger partial charge in [0.1, 0.15) is 0 Å². The van der Waals surface area contributed by atoms with Gasteiger partial charge in [-0.1, -0.05) is 91.0 Å². The maximum Gasteiger partial charge on any atom is 0.330 e. The predicted octanol–water partition coefficient (Wildman–Crippen LogP) is 3.87. The lowest BCUT2D eigenvalue weighted by Gasteiger charge is -2.50. The number of hydrogen-bond acceptors (Lipinski definition) is 4. The van der Waals surface area contributed by atoms with Crippen LogP contribution in [0.2, 0.25) is 0 Å². The van der Waals surface area contributed by atoms with Gasteiger partial charge in [0, 0.05) is 24.8 Å². The predicted molar refractivity (Wildman–Crippen MR) is 136 cm³/mol. The first-order valence-electron chi connectivity index (χ1n) is 11.7. The number of ether oxygens (including phenoxy) is 1. The van der Waals surface area contributed by atoms with Crippen LogP contribution in [0.1, 0.15) is 28.5 Å². The highest BCUT2D eigenvalue weighted by Gasteiger charge is 2.45. The van der Waals surface area contributed by atoms with Crippen molar-refractivity contribution in [1.29, 1.82) is 0 Å². The number of rotatable bonds is 5. The molecule has 4 aromatic rings. The van der Waals surface area contributed by atoms with Crippen molar-refractivity contribution in [3.8, 4) is 0 Å². The van der Waals surface area contributed by atoms with Crippen LogP contribution in [0.4, 0.5) is 0 Å². The zero-order valence-electron chi connectivity index (χ0n) is 19.6. The fraction of sp³-hybridized carbons (Fsp3) is 0.207. The van der Waals surface area contributed by atoms with Gasteiger partial charge in [0.15, 0.2) is 6.23 Å². The number of aromatic nitrogens is 2. The van der Waals surface area contributed by atoms with Gasteiger partial charge in [0.05, 0.1) is 11.6 Å². The average molecular weight is 467 g/mol. The third-order valence-corrected chi connectivity index (χ3v) is 6.66. The third-order valence-electron chi connectivity index (χ3n) is 6.66. The van der Waals surface area contributed by atoms with E-state index >= 15 is 0 Å². The Morgan fingerprint density at radius 1 is 0.829 bits per heavy atom. The van der Waals surface area contributed by atoms with Gasteiger partial charge in [0.2, 0.25) is 0 Å². The van der Waals surface area contributed by atoms with Crippen molar-refractivity contribution in [3.63, 3.8) is 0 Å². The second kappa shape index (κ2) is 9.49. The number of hydrogen-bond donors (Lipinski definition) is 1. The molecular formula is C29H28N3O3. The summed E-state index contributed by atoms with van der Waals surface area (Å²) in [5, 5.41) is 0. The van der Waals surface area contributed by atoms with Gasteiger partial charge >= 0.3 is 5.69 Å². The Kier molecular flexibility index (Phi) is 6.24. The van der Waals surface area contributed by atoms with E-state index in [2.05, 4.69) is 53.2 Å². The molecule has 35 heavy (non-hydrogen) atoms. The minimum absolute atomic E-state index is 0.391. The van der Waals surface area contributed by atoms with E-state index in [9.17, 15) is 9.59 Å². The molecule has 2 unspecified atom stereocenters. The van der Waals surface area contributed by atoms with E-state index in [1.54, 1.807) is 13.1 Å². The lowest BCUT2D eigenvalue weighted by Crippen LogP contribution is -2.57. The zero-order chi connectivity index (χ0) is 24.4. The molecule has 5 rings (SSSR count). The van der Waals surface area contributed by atoms with E-state index in [1.807, 2.05) is 54.6 Å². The molecule has 0 bridgehead atoms. The Morgan fingerprint density at radius 3 is 1.80 bits per heavy atom. The smallest absolute Gasteiger partial charge is 0.330 e. The van der Waals surface area contributed by atoms with Crippen LogP contribution in [-0.4, -0.2) is 33.6 Å². The Morgan fingerprint density at radius 2 is 1.31 bits per heavy atom. The van der Waals surface area contributed by atoms with Gasteiger partial charge in [0.25, 0.3) is 5.56 Å². The zero-order valence-corrected chi connectivity index (χ0v) is 19.6. The Bertz CT molecular complexity index is 1300. The van der Waals surface area contributed by atoms with Gasteiger partial charge in [-0.3, -0.25) is 19.2 Å². The molecule has 1 N–H and O–H groups in total. The van der Waals surface area contributed by atoms with Gasteiger partial charge < -0.3 is 4.74 Å². The Labute approximate surface area is 204 Å². The van der Waals surface area contributed by atoms with E-state index in [-0.39, 0.29) is 0 Å². The number of nitrogens with zero attached hydrogens (tertiary/aromatic N) is 2. The maximum atomic E-state index is 12.8. The van der Waals surface area contributed by atoms with Crippen LogP contribution in [-0.2, 0) is 10.3 Å². The lowest BCUT2D eigenvalue weighted by atomic mass is 9.75. The molecule has 2 atom stereocenters. The van der Waals surface area contributed by atoms with Crippen molar-refractivity contribution in [2.45, 2.75) is 24.8 Å². The minimum atomic E-state index is -0.650. The number of aromatic amines is 1. The molecule has 2 heterocycles. The maximum absolute atomic E-state index is 12.8. The standard InChI is InChI=1S/C29H28N3O3/c1-21-18-32(28(34)30-27(21)33)26-20-31(19-22(2)35-26)29(23-12-6-3-7-13-23,24-14-8-4-9-15-24)25-16-10-5-11-17-25/h3-18,22,26H,2,19-20H2,1H3,(H,30,33,34). The van der Waals surface area contributed by atoms with Crippen LogP contribution in [0.15, 0.2) is 107 Å². The first-order chi connectivity index (χ1) is 17.0. The SMILES string of the molecule is [CH2]C1CN(C(c2ccccc2)(c2ccccc2)c2ccccc2)CC(n2cc(C)c(=O)[nH]c2=O)O1. The molecule has 3 aromatic carbocycles. The molecule has 0 aliphatic carbocycles. The highest BCUT2D eigenvalue weighted by atomic mass is 16.5. The van der Waals surface area contributed by atoms with Crippen LogP contribution in [0.3, 0.4) is 0 Å². The Balaban J connectivity index is 1.73. The van der Waals surface area contributed by atoms with Gasteiger partial charge in [-0.05, 0) is 30.5 Å². The highest BCUT2D eigenvalue weighted by molar-refractivity contribution is 5.49. The molecule has 1 aromatic heterocycles. The van der Waals surface area contributed by atoms with Gasteiger partial charge in [-0.2, -0.15) is 0 Å². The molecule has 6 nitrogen and oxygen atoms in total. The van der Waals surface area contributed by atoms with Crippen molar-refractivity contribution in [3.05, 3.63) is 147 Å². The quantitative estimate of drug-likeness (QED) is 0.454. The number of H-pyrrole nitrogens is 1. The third kappa shape index (κ3) is 4.16. The van der Waals surface area contributed by atoms with E-state index < -0.39 is 29.1 Å². The summed E-state index contributed by atoms with van der Waals surface area (Å²) in [4.78, 5) is 29.5. The summed E-state index contributed by atoms with van der Waals surface area (Å²) in [6.45, 7) is 6.88. The van der Waals surface area contributed by atoms with Crippen molar-refractivity contribution in [1.82, 2.24) is 14.5 Å². The molecule has 1 radical (unpaired) electrons. The summed E-state index contributed by atoms with van der Waals surface area (Å²) in [5.41, 5.74) is 2.23. The molecule has 0 spiro atoms. The molecule has 0 amide bonds. The van der Waals surface area contributed by atoms with Crippen LogP contribution in [0.25, 0.3) is 0 Å². The summed E-state index contributed by atoms with van der Waals surface area (Å²) in [6, 6.07) is 31.1. The van der Waals surface area contributed by atoms with Gasteiger partial charge in [-0.15, -0.1) is 0 Å². The first-order valence-corrected chi connectivity index (χ1v) is 11.7. The number of nitrogens with one attached hydrogen (secondary N) is 1. The van der Waals surface area contributed by atoms with Crippen molar-refractivity contribution in [2.24, 2.45) is 0 Å². The monoisotopic (exact) mass is 466 g/mol. The summed E-state index contributed by atoms with van der Waals surface area (Å²) in [6.07, 6.45) is 0.547. The van der Waals surface area contributed by atoms with Crippen LogP contribution >= 0.6 is 0 Å². The number of morpholine rings is 1. The largest absolute Gasteiger partial charge is 0.352 e. The fourth-order valence-electron chi connectivity index (χ4n) is 5.13. The average Bonchev–Trinajstić information content (AvgIpc) is 2.88. The summed E-state index contributed by atoms with van der Waals surface area (Å²) in [7, 11) is 0. The molecule has 0 saturated carbocycles. The topological polar surface area (TPSA) is 67.3 Å². The van der Waals surface area contributed by atoms with E-state index in [1.165, 1.54) is 4.57 Å². The Hall–Kier alpha value is -3.74. The highest BCUT2D eigenvalue weighted by Crippen LogP contribution is 2.44. The molecule has 1 saturated heterocycles.